The van der Waals surface area contributed by atoms with E-state index in [0.29, 0.717) is 10.0 Å². The van der Waals surface area contributed by atoms with Gasteiger partial charge in [-0.15, -0.1) is 0 Å². The highest BCUT2D eigenvalue weighted by molar-refractivity contribution is 6.08. The van der Waals surface area contributed by atoms with Crippen molar-refractivity contribution in [3.05, 3.63) is 42.0 Å². The lowest BCUT2D eigenvalue weighted by Crippen LogP contribution is -2.35. The Balaban J connectivity index is 2.78. The lowest BCUT2D eigenvalue weighted by atomic mass is 10.0. The maximum absolute atomic E-state index is 11.8. The van der Waals surface area contributed by atoms with Gasteiger partial charge in [-0.25, -0.2) is 4.79 Å². The predicted molar refractivity (Wildman–Crippen MR) is 74.9 cm³/mol. The van der Waals surface area contributed by atoms with Crippen molar-refractivity contribution >= 4 is 22.4 Å². The second-order valence-corrected chi connectivity index (χ2v) is 5.18. The Morgan fingerprint density at radius 3 is 2.17 bits per heavy atom. The molecule has 0 atom stereocenters. The molecule has 94 valence electrons. The summed E-state index contributed by atoms with van der Waals surface area (Å²) >= 11 is 0. The third-order valence-corrected chi connectivity index (χ3v) is 3.03. The highest BCUT2D eigenvalue weighted by Crippen LogP contribution is 2.31. The summed E-state index contributed by atoms with van der Waals surface area (Å²) < 4.78 is 5.54. The summed E-state index contributed by atoms with van der Waals surface area (Å²) in [6, 6.07) is 11.8. The first kappa shape index (κ1) is 12.6. The van der Waals surface area contributed by atoms with Gasteiger partial charge in [0, 0.05) is 16.8 Å². The monoisotopic (exact) mass is 244 g/mol. The van der Waals surface area contributed by atoms with Crippen LogP contribution >= 0.6 is 0 Å². The van der Waals surface area contributed by atoms with Crippen LogP contribution in [0.25, 0.3) is 10.8 Å². The van der Waals surface area contributed by atoms with Crippen LogP contribution in [-0.2, 0) is 4.74 Å². The number of fused-ring (bicyclic) bond motifs is 1. The smallest absolute Gasteiger partial charge is 0.338 e. The van der Waals surface area contributed by atoms with Gasteiger partial charge in [0.2, 0.25) is 0 Å². The van der Waals surface area contributed by atoms with E-state index in [1.807, 2.05) is 36.4 Å². The van der Waals surface area contributed by atoms with Crippen LogP contribution in [0.1, 0.15) is 10.4 Å². The van der Waals surface area contributed by atoms with Crippen LogP contribution in [0.3, 0.4) is 0 Å². The number of nitrogens with zero attached hydrogens (tertiary/aromatic N) is 1. The second-order valence-electron chi connectivity index (χ2n) is 5.18. The summed E-state index contributed by atoms with van der Waals surface area (Å²) in [5, 5.41) is 2.03. The Kier molecular flexibility index (Phi) is 3.09. The number of ether oxygens (including phenoxy) is 1. The van der Waals surface area contributed by atoms with Gasteiger partial charge in [0.1, 0.15) is 5.69 Å². The normalized spacial score (nSPS) is 11.6. The number of esters is 1. The topological polar surface area (TPSA) is 26.3 Å². The molecule has 0 unspecified atom stereocenters. The minimum atomic E-state index is -0.292. The van der Waals surface area contributed by atoms with Crippen molar-refractivity contribution in [1.29, 1.82) is 0 Å². The van der Waals surface area contributed by atoms with Gasteiger partial charge >= 0.3 is 5.97 Å². The van der Waals surface area contributed by atoms with Crippen molar-refractivity contribution in [3.63, 3.8) is 0 Å². The van der Waals surface area contributed by atoms with Crippen molar-refractivity contribution in [2.75, 3.05) is 28.3 Å². The Bertz CT molecular complexity index is 597. The molecule has 0 aliphatic rings. The van der Waals surface area contributed by atoms with E-state index in [9.17, 15) is 4.79 Å². The van der Waals surface area contributed by atoms with Crippen LogP contribution < -0.4 is 4.48 Å². The third-order valence-electron chi connectivity index (χ3n) is 3.03. The van der Waals surface area contributed by atoms with Crippen molar-refractivity contribution < 1.29 is 9.53 Å². The van der Waals surface area contributed by atoms with E-state index in [4.69, 9.17) is 4.74 Å². The average Bonchev–Trinajstić information content (AvgIpc) is 2.35. The van der Waals surface area contributed by atoms with E-state index in [1.165, 1.54) is 12.8 Å². The molecule has 0 aromatic heterocycles. The molecule has 2 aromatic carbocycles. The molecule has 0 aliphatic carbocycles. The Morgan fingerprint density at radius 1 is 1.00 bits per heavy atom. The van der Waals surface area contributed by atoms with E-state index in [2.05, 4.69) is 21.1 Å². The quantitative estimate of drug-likeness (QED) is 0.600. The van der Waals surface area contributed by atoms with E-state index < -0.39 is 0 Å². The number of rotatable bonds is 2. The highest BCUT2D eigenvalue weighted by Gasteiger charge is 2.19. The molecule has 0 aliphatic heterocycles. The zero-order valence-electron chi connectivity index (χ0n) is 11.2. The van der Waals surface area contributed by atoms with Crippen LogP contribution in [0.2, 0.25) is 0 Å². The Labute approximate surface area is 107 Å². The number of benzene rings is 2. The molecule has 3 nitrogen and oxygen atoms in total. The lowest BCUT2D eigenvalue weighted by molar-refractivity contribution is 0.0603. The Morgan fingerprint density at radius 2 is 1.61 bits per heavy atom. The zero-order valence-corrected chi connectivity index (χ0v) is 11.2. The van der Waals surface area contributed by atoms with E-state index in [-0.39, 0.29) is 5.97 Å². The first-order valence-electron chi connectivity index (χ1n) is 5.87. The molecular formula is C15H18NO2+. The first-order valence-corrected chi connectivity index (χ1v) is 5.87. The fourth-order valence-corrected chi connectivity index (χ4v) is 2.16. The summed E-state index contributed by atoms with van der Waals surface area (Å²) in [5.74, 6) is -0.292. The lowest BCUT2D eigenvalue weighted by Gasteiger charge is -2.25. The fourth-order valence-electron chi connectivity index (χ4n) is 2.16. The molecule has 2 rings (SSSR count). The van der Waals surface area contributed by atoms with Gasteiger partial charge in [-0.05, 0) is 12.1 Å². The zero-order chi connectivity index (χ0) is 13.3. The number of methoxy groups -OCH3 is 1. The molecule has 0 amide bonds. The number of hydrogen-bond donors (Lipinski definition) is 0. The van der Waals surface area contributed by atoms with Gasteiger partial charge in [-0.3, -0.25) is 4.48 Å². The summed E-state index contributed by atoms with van der Waals surface area (Å²) in [4.78, 5) is 11.8. The minimum Gasteiger partial charge on any atom is -0.465 e. The summed E-state index contributed by atoms with van der Waals surface area (Å²) in [6.07, 6.45) is 0. The fraction of sp³-hybridized carbons (Fsp3) is 0.267. The average molecular weight is 244 g/mol. The molecule has 0 N–H and O–H groups in total. The predicted octanol–water partition coefficient (Wildman–Crippen LogP) is 2.82. The van der Waals surface area contributed by atoms with Crippen LogP contribution in [0.4, 0.5) is 5.69 Å². The summed E-state index contributed by atoms with van der Waals surface area (Å²) in [5.41, 5.74) is 1.79. The van der Waals surface area contributed by atoms with Gasteiger partial charge in [0.05, 0.1) is 33.8 Å². The maximum atomic E-state index is 11.8. The van der Waals surface area contributed by atoms with Crippen LogP contribution in [0, 0.1) is 0 Å². The van der Waals surface area contributed by atoms with Crippen LogP contribution in [0.5, 0.6) is 0 Å². The molecule has 0 fully saturated rings. The number of quaternary nitrogens is 1. The minimum absolute atomic E-state index is 0.292. The molecule has 0 heterocycles. The van der Waals surface area contributed by atoms with Gasteiger partial charge in [0.15, 0.2) is 0 Å². The second kappa shape index (κ2) is 4.42. The van der Waals surface area contributed by atoms with Crippen molar-refractivity contribution in [2.45, 2.75) is 0 Å². The van der Waals surface area contributed by atoms with Crippen molar-refractivity contribution in [1.82, 2.24) is 4.48 Å². The standard InChI is InChI=1S/C15H18NO2/c1-16(2,3)14-10-9-13(15(17)18-4)11-7-5-6-8-12(11)14/h5-10H,1-4H3/q+1. The van der Waals surface area contributed by atoms with E-state index >= 15 is 0 Å². The van der Waals surface area contributed by atoms with Crippen LogP contribution in [-0.4, -0.2) is 34.2 Å². The molecule has 0 saturated heterocycles. The maximum Gasteiger partial charge on any atom is 0.338 e. The largest absolute Gasteiger partial charge is 0.465 e. The molecule has 18 heavy (non-hydrogen) atoms. The van der Waals surface area contributed by atoms with Gasteiger partial charge in [-0.1, -0.05) is 18.2 Å². The molecule has 0 spiro atoms. The van der Waals surface area contributed by atoms with Gasteiger partial charge < -0.3 is 4.74 Å². The molecule has 0 bridgehead atoms. The highest BCUT2D eigenvalue weighted by atomic mass is 16.5. The first-order chi connectivity index (χ1) is 8.45. The molecular weight excluding hydrogens is 226 g/mol. The number of carbonyl (C=O) groups is 1. The molecule has 0 saturated carbocycles. The molecule has 3 heteroatoms. The number of carbonyl (C=O) groups excluding carboxylic acids is 1. The number of hydrogen-bond acceptors (Lipinski definition) is 2. The Hall–Kier alpha value is -1.87. The van der Waals surface area contributed by atoms with E-state index in [1.54, 1.807) is 0 Å². The molecule has 2 aromatic rings. The van der Waals surface area contributed by atoms with E-state index in [0.717, 1.165) is 10.8 Å². The summed E-state index contributed by atoms with van der Waals surface area (Å²) in [6.45, 7) is 0. The van der Waals surface area contributed by atoms with Crippen molar-refractivity contribution in [3.8, 4) is 0 Å². The molecule has 0 radical (unpaired) electrons. The van der Waals surface area contributed by atoms with Crippen LogP contribution in [0.15, 0.2) is 36.4 Å². The van der Waals surface area contributed by atoms with Gasteiger partial charge in [-0.2, -0.15) is 0 Å². The van der Waals surface area contributed by atoms with Gasteiger partial charge in [0.25, 0.3) is 0 Å². The summed E-state index contributed by atoms with van der Waals surface area (Å²) in [7, 11) is 7.74. The SMILES string of the molecule is COC(=O)c1ccc([N+](C)(C)C)c2ccccc12. The van der Waals surface area contributed by atoms with Crippen molar-refractivity contribution in [2.24, 2.45) is 0 Å². The third kappa shape index (κ3) is 2.09.